The zero-order valence-corrected chi connectivity index (χ0v) is 20.7. The molecule has 0 bridgehead atoms. The number of nitriles is 1. The van der Waals surface area contributed by atoms with Crippen LogP contribution in [-0.4, -0.2) is 45.9 Å². The van der Waals surface area contributed by atoms with E-state index in [1.54, 1.807) is 18.2 Å². The van der Waals surface area contributed by atoms with Gasteiger partial charge in [-0.25, -0.2) is 17.4 Å². The Bertz CT molecular complexity index is 1360. The van der Waals surface area contributed by atoms with Crippen molar-refractivity contribution in [2.45, 2.75) is 4.21 Å². The van der Waals surface area contributed by atoms with Crippen molar-refractivity contribution in [1.29, 1.82) is 5.26 Å². The lowest BCUT2D eigenvalue weighted by molar-refractivity contribution is 0.278. The zero-order valence-electron chi connectivity index (χ0n) is 18.1. The van der Waals surface area contributed by atoms with Gasteiger partial charge in [-0.1, -0.05) is 0 Å². The lowest BCUT2D eigenvalue weighted by Gasteiger charge is -2.14. The fourth-order valence-corrected chi connectivity index (χ4v) is 6.75. The number of rotatable bonds is 12. The van der Waals surface area contributed by atoms with Crippen LogP contribution in [0, 0.1) is 17.1 Å². The summed E-state index contributed by atoms with van der Waals surface area (Å²) >= 11 is 0.911. The van der Waals surface area contributed by atoms with Gasteiger partial charge in [-0.15, -0.1) is 11.3 Å². The highest BCUT2D eigenvalue weighted by Gasteiger charge is 2.27. The van der Waals surface area contributed by atoms with Gasteiger partial charge in [0, 0.05) is 29.9 Å². The molecule has 11 nitrogen and oxygen atoms in total. The Morgan fingerprint density at radius 3 is 2.37 bits per heavy atom. The van der Waals surface area contributed by atoms with Crippen molar-refractivity contribution >= 4 is 39.0 Å². The maximum absolute atomic E-state index is 13.7. The van der Waals surface area contributed by atoms with E-state index in [2.05, 4.69) is 0 Å². The molecule has 35 heavy (non-hydrogen) atoms. The van der Waals surface area contributed by atoms with Crippen LogP contribution in [0.1, 0.15) is 5.56 Å². The molecule has 1 atom stereocenters. The summed E-state index contributed by atoms with van der Waals surface area (Å²) in [4.78, 5) is 10.0. The summed E-state index contributed by atoms with van der Waals surface area (Å²) < 4.78 is 70.1. The smallest absolute Gasteiger partial charge is 0.391 e. The van der Waals surface area contributed by atoms with Crippen LogP contribution in [0.25, 0.3) is 10.1 Å². The fourth-order valence-electron chi connectivity index (χ4n) is 2.80. The Morgan fingerprint density at radius 2 is 1.77 bits per heavy atom. The van der Waals surface area contributed by atoms with E-state index in [1.807, 2.05) is 4.72 Å². The molecular weight excluding hydrogens is 522 g/mol. The van der Waals surface area contributed by atoms with Crippen molar-refractivity contribution in [3.8, 4) is 23.3 Å². The SMILES string of the molecule is N#Cc1ccc(OP(=O)(O)CNS(=O)(=O)c2cc3cc(OCCN)c(OCCN)cc3s2)cc1F. The van der Waals surface area contributed by atoms with Gasteiger partial charge in [0.15, 0.2) is 11.5 Å². The number of nitrogens with zero attached hydrogens (tertiary/aromatic N) is 1. The Labute approximate surface area is 204 Å². The summed E-state index contributed by atoms with van der Waals surface area (Å²) in [7, 11) is -8.76. The van der Waals surface area contributed by atoms with E-state index in [0.29, 0.717) is 21.6 Å². The Hall–Kier alpha value is -2.76. The number of sulfonamides is 1. The number of hydrogen-bond donors (Lipinski definition) is 4. The third-order valence-corrected chi connectivity index (χ3v) is 8.58. The first-order valence-corrected chi connectivity index (χ1v) is 14.1. The molecule has 0 aliphatic heterocycles. The van der Waals surface area contributed by atoms with Gasteiger partial charge in [0.2, 0.25) is 0 Å². The molecule has 1 heterocycles. The summed E-state index contributed by atoms with van der Waals surface area (Å²) in [6.45, 7) is 0.967. The predicted molar refractivity (Wildman–Crippen MR) is 128 cm³/mol. The molecule has 0 aliphatic rings. The van der Waals surface area contributed by atoms with Gasteiger partial charge in [-0.05, 0) is 29.7 Å². The minimum atomic E-state index is -4.55. The largest absolute Gasteiger partial charge is 0.488 e. The van der Waals surface area contributed by atoms with Crippen LogP contribution in [0.5, 0.6) is 17.2 Å². The molecule has 0 aliphatic carbocycles. The molecule has 3 rings (SSSR count). The maximum Gasteiger partial charge on any atom is 0.391 e. The molecule has 1 aromatic heterocycles. The highest BCUT2D eigenvalue weighted by atomic mass is 32.2. The second-order valence-electron chi connectivity index (χ2n) is 6.96. The maximum atomic E-state index is 13.7. The third kappa shape index (κ3) is 6.89. The molecule has 0 amide bonds. The van der Waals surface area contributed by atoms with Crippen LogP contribution in [0.2, 0.25) is 0 Å². The lowest BCUT2D eigenvalue weighted by atomic mass is 10.2. The van der Waals surface area contributed by atoms with Gasteiger partial charge >= 0.3 is 7.60 Å². The summed E-state index contributed by atoms with van der Waals surface area (Å²) in [5, 5.41) is 9.29. The van der Waals surface area contributed by atoms with Gasteiger partial charge in [0.1, 0.15) is 41.3 Å². The second kappa shape index (κ2) is 11.3. The third-order valence-electron chi connectivity index (χ3n) is 4.34. The molecular formula is C20H22FN4O7PS2. The minimum absolute atomic E-state index is 0.127. The van der Waals surface area contributed by atoms with Crippen LogP contribution in [0.4, 0.5) is 4.39 Å². The van der Waals surface area contributed by atoms with Gasteiger partial charge in [0.25, 0.3) is 10.0 Å². The van der Waals surface area contributed by atoms with Gasteiger partial charge in [-0.3, -0.25) is 0 Å². The molecule has 0 fully saturated rings. The van der Waals surface area contributed by atoms with Crippen molar-refractivity contribution < 1.29 is 36.3 Å². The monoisotopic (exact) mass is 544 g/mol. The van der Waals surface area contributed by atoms with E-state index in [1.165, 1.54) is 6.07 Å². The number of thiophene rings is 1. The lowest BCUT2D eigenvalue weighted by Crippen LogP contribution is -2.25. The molecule has 15 heteroatoms. The highest BCUT2D eigenvalue weighted by molar-refractivity contribution is 7.92. The summed E-state index contributed by atoms with van der Waals surface area (Å²) in [6, 6.07) is 9.16. The quantitative estimate of drug-likeness (QED) is 0.246. The van der Waals surface area contributed by atoms with Crippen LogP contribution in [0.15, 0.2) is 40.6 Å². The van der Waals surface area contributed by atoms with Crippen LogP contribution in [0.3, 0.4) is 0 Å². The Kier molecular flexibility index (Phi) is 8.68. The van der Waals surface area contributed by atoms with Crippen LogP contribution in [-0.2, 0) is 14.6 Å². The fraction of sp³-hybridized carbons (Fsp3) is 0.250. The van der Waals surface area contributed by atoms with E-state index >= 15 is 0 Å². The number of hydrogen-bond acceptors (Lipinski definition) is 10. The normalized spacial score (nSPS) is 13.2. The summed E-state index contributed by atoms with van der Waals surface area (Å²) in [5.74, 6) is -0.532. The molecule has 3 aromatic rings. The molecule has 2 aromatic carbocycles. The van der Waals surface area contributed by atoms with Crippen molar-refractivity contribution in [2.75, 3.05) is 32.6 Å². The standard InChI is InChI=1S/C20H22FN4O7PS2/c21-16-9-15(2-1-13(16)11-24)32-33(26,27)12-25-35(28,29)20-8-14-7-17(30-5-3-22)18(31-6-4-23)10-19(14)34-20/h1-2,7-10,25H,3-6,12,22-23H2,(H,26,27). The number of ether oxygens (including phenoxy) is 2. The molecule has 188 valence electrons. The van der Waals surface area contributed by atoms with E-state index in [9.17, 15) is 22.3 Å². The number of halogens is 1. The molecule has 0 spiro atoms. The Balaban J connectivity index is 1.78. The van der Waals surface area contributed by atoms with Crippen LogP contribution < -0.4 is 30.2 Å². The molecule has 1 unspecified atom stereocenters. The number of fused-ring (bicyclic) bond motifs is 1. The first kappa shape index (κ1) is 26.8. The first-order valence-electron chi connectivity index (χ1n) is 10.0. The molecule has 6 N–H and O–H groups in total. The van der Waals surface area contributed by atoms with Crippen LogP contribution >= 0.6 is 18.9 Å². The van der Waals surface area contributed by atoms with Gasteiger partial charge in [-0.2, -0.15) is 9.98 Å². The summed E-state index contributed by atoms with van der Waals surface area (Å²) in [5.41, 5.74) is 10.7. The van der Waals surface area contributed by atoms with Crippen molar-refractivity contribution in [3.05, 3.63) is 47.8 Å². The van der Waals surface area contributed by atoms with E-state index < -0.39 is 29.7 Å². The van der Waals surface area contributed by atoms with Crippen molar-refractivity contribution in [2.24, 2.45) is 11.5 Å². The van der Waals surface area contributed by atoms with Gasteiger partial charge < -0.3 is 30.4 Å². The topological polar surface area (TPSA) is 187 Å². The predicted octanol–water partition coefficient (Wildman–Crippen LogP) is 2.09. The van der Waals surface area contributed by atoms with Gasteiger partial charge in [0.05, 0.1) is 5.56 Å². The molecule has 0 saturated carbocycles. The van der Waals surface area contributed by atoms with Crippen molar-refractivity contribution in [1.82, 2.24) is 4.72 Å². The molecule has 0 radical (unpaired) electrons. The number of benzene rings is 2. The van der Waals surface area contributed by atoms with Crippen molar-refractivity contribution in [3.63, 3.8) is 0 Å². The van der Waals surface area contributed by atoms with E-state index in [0.717, 1.165) is 29.5 Å². The summed E-state index contributed by atoms with van der Waals surface area (Å²) in [6.07, 6.45) is -0.971. The zero-order chi connectivity index (χ0) is 25.6. The molecule has 0 saturated heterocycles. The van der Waals surface area contributed by atoms with E-state index in [-0.39, 0.29) is 41.8 Å². The minimum Gasteiger partial charge on any atom is -0.488 e. The number of nitrogens with two attached hydrogens (primary N) is 2. The average Bonchev–Trinajstić information content (AvgIpc) is 3.23. The van der Waals surface area contributed by atoms with E-state index in [4.69, 9.17) is 30.7 Å². The average molecular weight is 545 g/mol. The Morgan fingerprint density at radius 1 is 1.11 bits per heavy atom. The second-order valence-corrected chi connectivity index (χ2v) is 11.8. The number of nitrogens with one attached hydrogen (secondary N) is 1. The first-order chi connectivity index (χ1) is 16.6. The highest BCUT2D eigenvalue weighted by Crippen LogP contribution is 2.43.